The first-order valence-electron chi connectivity index (χ1n) is 7.15. The third-order valence-electron chi connectivity index (χ3n) is 3.07. The van der Waals surface area contributed by atoms with Crippen molar-refractivity contribution < 1.29 is 14.9 Å². The highest BCUT2D eigenvalue weighted by Crippen LogP contribution is 2.19. The summed E-state index contributed by atoms with van der Waals surface area (Å²) in [6.45, 7) is 4.87. The van der Waals surface area contributed by atoms with Crippen molar-refractivity contribution in [3.8, 4) is 0 Å². The molecule has 116 valence electrons. The van der Waals surface area contributed by atoms with E-state index in [2.05, 4.69) is 10.6 Å². The number of carbonyl (C=O) groups is 2. The second-order valence-corrected chi connectivity index (χ2v) is 5.28. The zero-order chi connectivity index (χ0) is 15.7. The van der Waals surface area contributed by atoms with Crippen LogP contribution in [0.2, 0.25) is 5.02 Å². The van der Waals surface area contributed by atoms with Crippen molar-refractivity contribution in [3.63, 3.8) is 0 Å². The van der Waals surface area contributed by atoms with E-state index >= 15 is 0 Å². The van der Waals surface area contributed by atoms with Gasteiger partial charge in [0.1, 0.15) is 6.04 Å². The van der Waals surface area contributed by atoms with Crippen LogP contribution in [-0.2, 0) is 9.59 Å². The number of hydrogen-bond acceptors (Lipinski definition) is 2. The fourth-order valence-corrected chi connectivity index (χ4v) is 2.14. The smallest absolute Gasteiger partial charge is 0.275 e. The molecule has 1 aromatic carbocycles. The maximum absolute atomic E-state index is 11.7. The van der Waals surface area contributed by atoms with Gasteiger partial charge in [0.05, 0.1) is 6.54 Å². The lowest BCUT2D eigenvalue weighted by Crippen LogP contribution is -2.87. The molecular formula is C15H23ClN3O2+. The van der Waals surface area contributed by atoms with Crippen LogP contribution in [0.15, 0.2) is 24.3 Å². The van der Waals surface area contributed by atoms with E-state index in [4.69, 9.17) is 11.6 Å². The molecule has 0 bridgehead atoms. The molecule has 0 saturated carbocycles. The number of quaternary nitrogens is 1. The maximum Gasteiger partial charge on any atom is 0.275 e. The van der Waals surface area contributed by atoms with Crippen molar-refractivity contribution in [1.29, 1.82) is 0 Å². The van der Waals surface area contributed by atoms with Crippen molar-refractivity contribution in [1.82, 2.24) is 10.6 Å². The van der Waals surface area contributed by atoms with E-state index in [1.54, 1.807) is 0 Å². The number of rotatable bonds is 8. The number of nitrogens with two attached hydrogens (primary N) is 1. The Bertz CT molecular complexity index is 480. The predicted molar refractivity (Wildman–Crippen MR) is 83.0 cm³/mol. The average molecular weight is 313 g/mol. The van der Waals surface area contributed by atoms with Crippen LogP contribution >= 0.6 is 11.6 Å². The largest absolute Gasteiger partial charge is 0.355 e. The summed E-state index contributed by atoms with van der Waals surface area (Å²) < 4.78 is 0. The number of nitrogens with one attached hydrogen (secondary N) is 2. The van der Waals surface area contributed by atoms with Crippen LogP contribution in [0.5, 0.6) is 0 Å². The van der Waals surface area contributed by atoms with E-state index in [9.17, 15) is 9.59 Å². The van der Waals surface area contributed by atoms with E-state index in [0.29, 0.717) is 11.6 Å². The monoisotopic (exact) mass is 312 g/mol. The van der Waals surface area contributed by atoms with E-state index in [-0.39, 0.29) is 30.9 Å². The summed E-state index contributed by atoms with van der Waals surface area (Å²) in [5.74, 6) is -0.329. The average Bonchev–Trinajstić information content (AvgIpc) is 2.48. The van der Waals surface area contributed by atoms with Crippen LogP contribution in [0.4, 0.5) is 0 Å². The molecule has 6 heteroatoms. The highest BCUT2D eigenvalue weighted by molar-refractivity contribution is 6.31. The summed E-state index contributed by atoms with van der Waals surface area (Å²) in [5.41, 5.74) is 0.993. The standard InChI is InChI=1S/C15H22ClN3O2/c1-3-8-17-14(20)10-19-15(21)9-18-11(2)12-6-4-5-7-13(12)16/h4-7,11,18H,3,8-10H2,1-2H3,(H,17,20)(H,19,21)/p+1/t11-/m0/s1. The van der Waals surface area contributed by atoms with Gasteiger partial charge in [-0.15, -0.1) is 0 Å². The van der Waals surface area contributed by atoms with Gasteiger partial charge in [0.15, 0.2) is 6.54 Å². The highest BCUT2D eigenvalue weighted by Gasteiger charge is 2.14. The quantitative estimate of drug-likeness (QED) is 0.658. The topological polar surface area (TPSA) is 74.8 Å². The molecule has 0 aliphatic rings. The third-order valence-corrected chi connectivity index (χ3v) is 3.42. The third kappa shape index (κ3) is 6.60. The summed E-state index contributed by atoms with van der Waals surface area (Å²) in [6, 6.07) is 7.65. The molecule has 0 heterocycles. The molecule has 1 atom stereocenters. The van der Waals surface area contributed by atoms with Gasteiger partial charge < -0.3 is 16.0 Å². The molecule has 5 nitrogen and oxygen atoms in total. The second-order valence-electron chi connectivity index (χ2n) is 4.88. The Morgan fingerprint density at radius 3 is 2.62 bits per heavy atom. The van der Waals surface area contributed by atoms with Crippen molar-refractivity contribution in [3.05, 3.63) is 34.9 Å². The van der Waals surface area contributed by atoms with Gasteiger partial charge in [0.2, 0.25) is 5.91 Å². The number of hydrogen-bond donors (Lipinski definition) is 3. The molecule has 2 amide bonds. The number of benzene rings is 1. The van der Waals surface area contributed by atoms with Gasteiger partial charge in [0, 0.05) is 17.1 Å². The molecule has 4 N–H and O–H groups in total. The normalized spacial score (nSPS) is 11.8. The van der Waals surface area contributed by atoms with Gasteiger partial charge in [-0.05, 0) is 19.4 Å². The lowest BCUT2D eigenvalue weighted by molar-refractivity contribution is -0.682. The Balaban J connectivity index is 2.30. The molecule has 0 radical (unpaired) electrons. The van der Waals surface area contributed by atoms with Crippen LogP contribution in [-0.4, -0.2) is 31.4 Å². The van der Waals surface area contributed by atoms with Gasteiger partial charge in [-0.1, -0.05) is 36.7 Å². The molecular weight excluding hydrogens is 290 g/mol. The van der Waals surface area contributed by atoms with Crippen molar-refractivity contribution >= 4 is 23.4 Å². The fraction of sp³-hybridized carbons (Fsp3) is 0.467. The Labute approximate surface area is 130 Å². The lowest BCUT2D eigenvalue weighted by Gasteiger charge is -2.12. The van der Waals surface area contributed by atoms with Gasteiger partial charge in [0.25, 0.3) is 5.91 Å². The molecule has 0 spiro atoms. The summed E-state index contributed by atoms with van der Waals surface area (Å²) in [4.78, 5) is 23.0. The summed E-state index contributed by atoms with van der Waals surface area (Å²) in [5, 5.41) is 7.89. The molecule has 1 aromatic rings. The minimum Gasteiger partial charge on any atom is -0.355 e. The molecule has 0 saturated heterocycles. The van der Waals surface area contributed by atoms with Crippen LogP contribution in [0.3, 0.4) is 0 Å². The molecule has 0 unspecified atom stereocenters. The Hall–Kier alpha value is -1.59. The van der Waals surface area contributed by atoms with E-state index in [1.807, 2.05) is 43.4 Å². The van der Waals surface area contributed by atoms with E-state index in [0.717, 1.165) is 12.0 Å². The van der Waals surface area contributed by atoms with Crippen molar-refractivity contribution in [2.24, 2.45) is 0 Å². The minimum atomic E-state index is -0.166. The predicted octanol–water partition coefficient (Wildman–Crippen LogP) is 0.607. The number of halogens is 1. The Morgan fingerprint density at radius 1 is 1.24 bits per heavy atom. The zero-order valence-corrected chi connectivity index (χ0v) is 13.2. The van der Waals surface area contributed by atoms with Gasteiger partial charge >= 0.3 is 0 Å². The first-order chi connectivity index (χ1) is 10.0. The SMILES string of the molecule is CCCNC(=O)CNC(=O)C[NH2+][C@@H](C)c1ccccc1Cl. The van der Waals surface area contributed by atoms with Crippen LogP contribution in [0.25, 0.3) is 0 Å². The van der Waals surface area contributed by atoms with Crippen LogP contribution < -0.4 is 16.0 Å². The first-order valence-corrected chi connectivity index (χ1v) is 7.53. The van der Waals surface area contributed by atoms with E-state index in [1.165, 1.54) is 0 Å². The minimum absolute atomic E-state index is 0.0210. The maximum atomic E-state index is 11.7. The van der Waals surface area contributed by atoms with Gasteiger partial charge in [-0.3, -0.25) is 9.59 Å². The molecule has 0 fully saturated rings. The molecule has 1 rings (SSSR count). The van der Waals surface area contributed by atoms with Gasteiger partial charge in [-0.25, -0.2) is 0 Å². The molecule has 0 aromatic heterocycles. The lowest BCUT2D eigenvalue weighted by atomic mass is 10.1. The summed E-state index contributed by atoms with van der Waals surface area (Å²) >= 11 is 6.11. The van der Waals surface area contributed by atoms with Gasteiger partial charge in [-0.2, -0.15) is 0 Å². The van der Waals surface area contributed by atoms with E-state index < -0.39 is 0 Å². The zero-order valence-electron chi connectivity index (χ0n) is 12.5. The number of carbonyl (C=O) groups excluding carboxylic acids is 2. The summed E-state index contributed by atoms with van der Waals surface area (Å²) in [6.07, 6.45) is 0.878. The summed E-state index contributed by atoms with van der Waals surface area (Å²) in [7, 11) is 0. The highest BCUT2D eigenvalue weighted by atomic mass is 35.5. The molecule has 0 aliphatic heterocycles. The molecule has 21 heavy (non-hydrogen) atoms. The first kappa shape index (κ1) is 17.5. The van der Waals surface area contributed by atoms with Crippen molar-refractivity contribution in [2.75, 3.05) is 19.6 Å². The second kappa shape index (κ2) is 9.37. The Morgan fingerprint density at radius 2 is 1.95 bits per heavy atom. The fourth-order valence-electron chi connectivity index (χ4n) is 1.83. The van der Waals surface area contributed by atoms with Crippen LogP contribution in [0.1, 0.15) is 31.9 Å². The van der Waals surface area contributed by atoms with Crippen molar-refractivity contribution in [2.45, 2.75) is 26.3 Å². The molecule has 0 aliphatic carbocycles. The Kier molecular flexibility index (Phi) is 7.79. The number of amides is 2. The van der Waals surface area contributed by atoms with Crippen LogP contribution in [0, 0.1) is 0 Å².